The third kappa shape index (κ3) is 5.09. The van der Waals surface area contributed by atoms with E-state index in [0.29, 0.717) is 13.2 Å². The molecule has 146 valence electrons. The van der Waals surface area contributed by atoms with Gasteiger partial charge in [0, 0.05) is 12.6 Å². The van der Waals surface area contributed by atoms with Crippen molar-refractivity contribution in [2.75, 3.05) is 26.8 Å². The number of nitrogens with zero attached hydrogens (tertiary/aromatic N) is 2. The van der Waals surface area contributed by atoms with E-state index in [1.807, 2.05) is 25.1 Å². The Morgan fingerprint density at radius 3 is 3.07 bits per heavy atom. The normalized spacial score (nSPS) is 21.0. The van der Waals surface area contributed by atoms with Crippen molar-refractivity contribution in [3.63, 3.8) is 0 Å². The van der Waals surface area contributed by atoms with Gasteiger partial charge in [-0.25, -0.2) is 4.98 Å². The SMILES string of the molecule is CCOC(=O)[C@@H]1CNCC[C@@H]1CC(N)Sc1cnc2ccc(OC)cc2n1. The first-order valence-corrected chi connectivity index (χ1v) is 10.1. The van der Waals surface area contributed by atoms with Crippen molar-refractivity contribution < 1.29 is 14.3 Å². The zero-order valence-electron chi connectivity index (χ0n) is 15.7. The van der Waals surface area contributed by atoms with Gasteiger partial charge in [-0.05, 0) is 44.4 Å². The highest BCUT2D eigenvalue weighted by Crippen LogP contribution is 2.30. The molecule has 3 rings (SSSR count). The molecule has 1 aliphatic rings. The maximum Gasteiger partial charge on any atom is 0.310 e. The first-order valence-electron chi connectivity index (χ1n) is 9.21. The summed E-state index contributed by atoms with van der Waals surface area (Å²) in [6.45, 7) is 3.78. The molecule has 2 aromatic rings. The molecule has 0 radical (unpaired) electrons. The number of nitrogens with one attached hydrogen (secondary N) is 1. The van der Waals surface area contributed by atoms with Crippen molar-refractivity contribution in [1.82, 2.24) is 15.3 Å². The number of ether oxygens (including phenoxy) is 2. The molecule has 1 aliphatic heterocycles. The van der Waals surface area contributed by atoms with E-state index in [4.69, 9.17) is 15.2 Å². The second kappa shape index (κ2) is 9.34. The molecule has 0 spiro atoms. The molecule has 3 atom stereocenters. The van der Waals surface area contributed by atoms with Crippen LogP contribution in [-0.4, -0.2) is 48.1 Å². The summed E-state index contributed by atoms with van der Waals surface area (Å²) in [7, 11) is 1.63. The topological polar surface area (TPSA) is 99.4 Å². The van der Waals surface area contributed by atoms with Gasteiger partial charge in [-0.15, -0.1) is 0 Å². The number of rotatable bonds is 7. The number of piperidine rings is 1. The van der Waals surface area contributed by atoms with Crippen LogP contribution in [0.25, 0.3) is 11.0 Å². The molecule has 1 fully saturated rings. The highest BCUT2D eigenvalue weighted by molar-refractivity contribution is 7.99. The lowest BCUT2D eigenvalue weighted by Gasteiger charge is -2.31. The van der Waals surface area contributed by atoms with Crippen LogP contribution in [0, 0.1) is 11.8 Å². The highest BCUT2D eigenvalue weighted by atomic mass is 32.2. The Morgan fingerprint density at radius 1 is 1.44 bits per heavy atom. The number of hydrogen-bond donors (Lipinski definition) is 2. The number of thioether (sulfide) groups is 1. The molecule has 2 heterocycles. The Hall–Kier alpha value is -1.90. The van der Waals surface area contributed by atoms with Crippen LogP contribution in [0.3, 0.4) is 0 Å². The summed E-state index contributed by atoms with van der Waals surface area (Å²) < 4.78 is 10.5. The first-order chi connectivity index (χ1) is 13.1. The maximum atomic E-state index is 12.2. The van der Waals surface area contributed by atoms with Gasteiger partial charge in [-0.2, -0.15) is 0 Å². The lowest BCUT2D eigenvalue weighted by Crippen LogP contribution is -2.43. The smallest absolute Gasteiger partial charge is 0.310 e. The summed E-state index contributed by atoms with van der Waals surface area (Å²) in [5.74, 6) is 0.679. The van der Waals surface area contributed by atoms with Gasteiger partial charge in [-0.3, -0.25) is 9.78 Å². The van der Waals surface area contributed by atoms with Crippen LogP contribution in [0.2, 0.25) is 0 Å². The van der Waals surface area contributed by atoms with E-state index in [-0.39, 0.29) is 23.2 Å². The molecule has 1 saturated heterocycles. The maximum absolute atomic E-state index is 12.2. The molecule has 0 aliphatic carbocycles. The van der Waals surface area contributed by atoms with Crippen LogP contribution in [0.5, 0.6) is 5.75 Å². The Labute approximate surface area is 163 Å². The van der Waals surface area contributed by atoms with Crippen LogP contribution >= 0.6 is 11.8 Å². The third-order valence-electron chi connectivity index (χ3n) is 4.75. The van der Waals surface area contributed by atoms with E-state index in [9.17, 15) is 4.79 Å². The molecule has 0 amide bonds. The standard InChI is InChI=1S/C19H26N4O3S/c1-3-26-19(24)14-10-21-7-6-12(14)8-17(20)27-18-11-22-15-5-4-13(25-2)9-16(15)23-18/h4-5,9,11-12,14,17,21H,3,6-8,10,20H2,1-2H3/t12-,14-,17?/m1/s1. The quantitative estimate of drug-likeness (QED) is 0.422. The monoisotopic (exact) mass is 390 g/mol. The zero-order chi connectivity index (χ0) is 19.2. The number of esters is 1. The minimum absolute atomic E-state index is 0.135. The van der Waals surface area contributed by atoms with Crippen molar-refractivity contribution >= 4 is 28.8 Å². The Morgan fingerprint density at radius 2 is 2.30 bits per heavy atom. The van der Waals surface area contributed by atoms with E-state index in [1.54, 1.807) is 13.3 Å². The van der Waals surface area contributed by atoms with Crippen molar-refractivity contribution in [3.05, 3.63) is 24.4 Å². The van der Waals surface area contributed by atoms with Crippen LogP contribution in [0.15, 0.2) is 29.4 Å². The van der Waals surface area contributed by atoms with Crippen molar-refractivity contribution in [2.24, 2.45) is 17.6 Å². The number of carbonyl (C=O) groups excluding carboxylic acids is 1. The number of methoxy groups -OCH3 is 1. The van der Waals surface area contributed by atoms with E-state index in [1.165, 1.54) is 11.8 Å². The number of carbonyl (C=O) groups is 1. The van der Waals surface area contributed by atoms with Crippen molar-refractivity contribution in [2.45, 2.75) is 30.2 Å². The van der Waals surface area contributed by atoms with E-state index >= 15 is 0 Å². The minimum Gasteiger partial charge on any atom is -0.497 e. The van der Waals surface area contributed by atoms with E-state index in [2.05, 4.69) is 15.3 Å². The summed E-state index contributed by atoms with van der Waals surface area (Å²) >= 11 is 1.48. The van der Waals surface area contributed by atoms with Gasteiger partial charge in [0.25, 0.3) is 0 Å². The lowest BCUT2D eigenvalue weighted by atomic mass is 9.84. The molecule has 27 heavy (non-hydrogen) atoms. The summed E-state index contributed by atoms with van der Waals surface area (Å²) in [4.78, 5) is 21.3. The van der Waals surface area contributed by atoms with Gasteiger partial charge in [0.2, 0.25) is 0 Å². The van der Waals surface area contributed by atoms with Crippen LogP contribution in [-0.2, 0) is 9.53 Å². The number of benzene rings is 1. The predicted octanol–water partition coefficient (Wildman–Crippen LogP) is 2.19. The Kier molecular flexibility index (Phi) is 6.87. The van der Waals surface area contributed by atoms with Gasteiger partial charge in [0.1, 0.15) is 10.8 Å². The molecule has 0 bridgehead atoms. The fourth-order valence-electron chi connectivity index (χ4n) is 3.38. The van der Waals surface area contributed by atoms with Gasteiger partial charge in [-0.1, -0.05) is 11.8 Å². The summed E-state index contributed by atoms with van der Waals surface area (Å²) in [6.07, 6.45) is 3.39. The Bertz CT molecular complexity index is 789. The number of aromatic nitrogens is 2. The predicted molar refractivity (Wildman–Crippen MR) is 106 cm³/mol. The highest BCUT2D eigenvalue weighted by Gasteiger charge is 2.33. The number of hydrogen-bond acceptors (Lipinski definition) is 8. The molecule has 0 saturated carbocycles. The molecule has 7 nitrogen and oxygen atoms in total. The zero-order valence-corrected chi connectivity index (χ0v) is 16.5. The van der Waals surface area contributed by atoms with Gasteiger partial charge >= 0.3 is 5.97 Å². The Balaban J connectivity index is 1.66. The first kappa shape index (κ1) is 19.9. The summed E-state index contributed by atoms with van der Waals surface area (Å²) in [5, 5.41) is 3.88. The minimum atomic E-state index is -0.164. The molecular formula is C19H26N4O3S. The van der Waals surface area contributed by atoms with Crippen LogP contribution in [0.4, 0.5) is 0 Å². The number of nitrogens with two attached hydrogens (primary N) is 1. The molecule has 1 aromatic carbocycles. The molecule has 1 unspecified atom stereocenters. The second-order valence-corrected chi connectivity index (χ2v) is 7.83. The summed E-state index contributed by atoms with van der Waals surface area (Å²) in [5.41, 5.74) is 7.96. The fraction of sp³-hybridized carbons (Fsp3) is 0.526. The average molecular weight is 391 g/mol. The van der Waals surface area contributed by atoms with Gasteiger partial charge < -0.3 is 20.5 Å². The lowest BCUT2D eigenvalue weighted by molar-refractivity contribution is -0.150. The van der Waals surface area contributed by atoms with Crippen molar-refractivity contribution in [3.8, 4) is 5.75 Å². The van der Waals surface area contributed by atoms with Crippen LogP contribution in [0.1, 0.15) is 19.8 Å². The molecule has 1 aromatic heterocycles. The van der Waals surface area contributed by atoms with E-state index < -0.39 is 0 Å². The largest absolute Gasteiger partial charge is 0.497 e. The fourth-order valence-corrected chi connectivity index (χ4v) is 4.30. The second-order valence-electron chi connectivity index (χ2n) is 6.57. The van der Waals surface area contributed by atoms with Crippen molar-refractivity contribution in [1.29, 1.82) is 0 Å². The average Bonchev–Trinajstić information content (AvgIpc) is 2.68. The van der Waals surface area contributed by atoms with Gasteiger partial charge in [0.15, 0.2) is 0 Å². The van der Waals surface area contributed by atoms with Gasteiger partial charge in [0.05, 0.1) is 42.2 Å². The molecule has 8 heteroatoms. The summed E-state index contributed by atoms with van der Waals surface area (Å²) in [6, 6.07) is 5.61. The molecule has 3 N–H and O–H groups in total. The number of fused-ring (bicyclic) bond motifs is 1. The molecular weight excluding hydrogens is 364 g/mol. The van der Waals surface area contributed by atoms with E-state index in [0.717, 1.165) is 41.2 Å². The third-order valence-corrected chi connectivity index (χ3v) is 5.68. The van der Waals surface area contributed by atoms with Crippen LogP contribution < -0.4 is 15.8 Å².